The number of methoxy groups -OCH3 is 1. The van der Waals surface area contributed by atoms with Crippen LogP contribution in [0.15, 0.2) is 60.7 Å². The summed E-state index contributed by atoms with van der Waals surface area (Å²) in [6.45, 7) is 5.01. The summed E-state index contributed by atoms with van der Waals surface area (Å²) in [5, 5.41) is 12.6. The van der Waals surface area contributed by atoms with Crippen LogP contribution in [0.4, 0.5) is 4.79 Å². The van der Waals surface area contributed by atoms with E-state index < -0.39 is 90.1 Å². The second kappa shape index (κ2) is 26.1. The number of alkyl carbamates (subject to hydrolysis) is 1. The van der Waals surface area contributed by atoms with Crippen molar-refractivity contribution in [2.75, 3.05) is 33.4 Å². The molecule has 3 rings (SSSR count). The Balaban J connectivity index is 1.77. The van der Waals surface area contributed by atoms with E-state index in [1.165, 1.54) is 12.0 Å². The number of nitrogens with one attached hydrogen (secondary N) is 5. The molecule has 2 aromatic rings. The predicted octanol–water partition coefficient (Wildman–Crippen LogP) is 1.09. The summed E-state index contributed by atoms with van der Waals surface area (Å²) in [4.78, 5) is 118. The van der Waals surface area contributed by atoms with Crippen LogP contribution in [0, 0.1) is 5.92 Å². The van der Waals surface area contributed by atoms with Crippen molar-refractivity contribution in [1.82, 2.24) is 31.5 Å². The Hall–Kier alpha value is -6.37. The Morgan fingerprint density at radius 2 is 1.50 bits per heavy atom. The predicted molar refractivity (Wildman–Crippen MR) is 223 cm³/mol. The molecule has 0 saturated carbocycles. The van der Waals surface area contributed by atoms with Gasteiger partial charge in [-0.1, -0.05) is 87.9 Å². The van der Waals surface area contributed by atoms with Gasteiger partial charge in [-0.05, 0) is 36.3 Å². The number of hydrogen-bond acceptors (Lipinski definition) is 12. The zero-order chi connectivity index (χ0) is 45.6. The first-order valence-electron chi connectivity index (χ1n) is 20.6. The molecule has 1 fully saturated rings. The average molecular weight is 866 g/mol. The fourth-order valence-corrected chi connectivity index (χ4v) is 6.43. The lowest BCUT2D eigenvalue weighted by Crippen LogP contribution is -2.56. The van der Waals surface area contributed by atoms with E-state index in [0.717, 1.165) is 5.56 Å². The molecule has 1 heterocycles. The number of ketones is 1. The van der Waals surface area contributed by atoms with Crippen LogP contribution in [0.3, 0.4) is 0 Å². The molecule has 338 valence electrons. The van der Waals surface area contributed by atoms with Gasteiger partial charge in [-0.2, -0.15) is 0 Å². The summed E-state index contributed by atoms with van der Waals surface area (Å²) in [5.41, 5.74) is 6.73. The minimum Gasteiger partial charge on any atom is -0.469 e. The molecule has 0 aromatic heterocycles. The van der Waals surface area contributed by atoms with Crippen LogP contribution in [0.25, 0.3) is 0 Å². The summed E-state index contributed by atoms with van der Waals surface area (Å²) in [6, 6.07) is 12.5. The number of primary amides is 1. The first-order valence-corrected chi connectivity index (χ1v) is 20.6. The number of nitrogens with two attached hydrogens (primary N) is 1. The average Bonchev–Trinajstić information content (AvgIpc) is 3.70. The molecule has 62 heavy (non-hydrogen) atoms. The lowest BCUT2D eigenvalue weighted by Gasteiger charge is -2.29. The largest absolute Gasteiger partial charge is 0.469 e. The molecular formula is C43H59N7O12. The number of nitrogens with zero attached hydrogens (tertiary/aromatic N) is 1. The van der Waals surface area contributed by atoms with Gasteiger partial charge in [0.25, 0.3) is 5.91 Å². The summed E-state index contributed by atoms with van der Waals surface area (Å²) >= 11 is 0. The van der Waals surface area contributed by atoms with Crippen LogP contribution in [0.1, 0.15) is 82.9 Å². The number of Topliss-reactive ketones (excluding diaryl/α,β-unsaturated/α-hetero) is 1. The van der Waals surface area contributed by atoms with Crippen LogP contribution in [-0.4, -0.2) is 116 Å². The van der Waals surface area contributed by atoms with E-state index in [1.807, 2.05) is 44.2 Å². The summed E-state index contributed by atoms with van der Waals surface area (Å²) < 4.78 is 16.0. The van der Waals surface area contributed by atoms with E-state index in [2.05, 4.69) is 31.3 Å². The highest BCUT2D eigenvalue weighted by atomic mass is 16.5. The van der Waals surface area contributed by atoms with Crippen LogP contribution < -0.4 is 32.3 Å². The maximum Gasteiger partial charge on any atom is 0.407 e. The van der Waals surface area contributed by atoms with Crippen molar-refractivity contribution in [3.8, 4) is 0 Å². The molecule has 19 nitrogen and oxygen atoms in total. The summed E-state index contributed by atoms with van der Waals surface area (Å²) in [5.74, 6) is -6.21. The van der Waals surface area contributed by atoms with E-state index in [1.54, 1.807) is 37.3 Å². The monoisotopic (exact) mass is 865 g/mol. The quantitative estimate of drug-likeness (QED) is 0.0465. The number of carbonyl (C=O) groups excluding carboxylic acids is 9. The van der Waals surface area contributed by atoms with Gasteiger partial charge in [-0.25, -0.2) is 4.79 Å². The molecule has 7 N–H and O–H groups in total. The standard InChI is InChI=1S/C43H59N7O12/c1-5-13-31(38(54)41(57)46-23-35(52)49-37(39(44)55)29-16-10-7-11-17-29)47-40(56)33-22-30(61-26-28-14-8-6-9-15-28)24-50(33)42(58)32(48-43(59)62-25-27(2)3)18-12-21-45-34(51)19-20-36(53)60-4/h6-11,14-17,27,30-33,37H,5,12-13,18-26H2,1-4H3,(H2,44,55)(H,45,51)(H,46,57)(H,47,56)(H,48,59)(H,49,52)/t30-,31?,32?,33+,37+/m1/s1. The highest BCUT2D eigenvalue weighted by Crippen LogP contribution is 2.24. The maximum atomic E-state index is 14.4. The van der Waals surface area contributed by atoms with E-state index in [-0.39, 0.29) is 70.7 Å². The number of amides is 7. The molecular weight excluding hydrogens is 807 g/mol. The van der Waals surface area contributed by atoms with Crippen LogP contribution in [-0.2, 0) is 59.2 Å². The molecule has 0 aliphatic carbocycles. The highest BCUT2D eigenvalue weighted by molar-refractivity contribution is 6.38. The molecule has 1 aliphatic heterocycles. The summed E-state index contributed by atoms with van der Waals surface area (Å²) in [6.07, 6.45) is -1.10. The Morgan fingerprint density at radius 3 is 2.13 bits per heavy atom. The normalized spacial score (nSPS) is 15.9. The van der Waals surface area contributed by atoms with Crippen molar-refractivity contribution in [2.24, 2.45) is 11.7 Å². The number of likely N-dealkylation sites (tertiary alicyclic amines) is 1. The number of ether oxygens (including phenoxy) is 3. The lowest BCUT2D eigenvalue weighted by atomic mass is 10.0. The fourth-order valence-electron chi connectivity index (χ4n) is 6.43. The van der Waals surface area contributed by atoms with Crippen molar-refractivity contribution in [1.29, 1.82) is 0 Å². The zero-order valence-electron chi connectivity index (χ0n) is 35.6. The molecule has 5 atom stereocenters. The molecule has 0 bridgehead atoms. The first kappa shape index (κ1) is 50.0. The Kier molecular flexibility index (Phi) is 21.0. The van der Waals surface area contributed by atoms with E-state index >= 15 is 0 Å². The van der Waals surface area contributed by atoms with Gasteiger partial charge in [-0.3, -0.25) is 38.4 Å². The third-order valence-corrected chi connectivity index (χ3v) is 9.66. The molecule has 19 heteroatoms. The SMILES string of the molecule is CCCC(NC(=O)[C@@H]1C[C@@H](OCc2ccccc2)CN1C(=O)C(CCCNC(=O)CCC(=O)OC)NC(=O)OCC(C)C)C(=O)C(=O)NCC(=O)N[C@H](C(N)=O)c1ccccc1. The van der Waals surface area contributed by atoms with Gasteiger partial charge >= 0.3 is 12.1 Å². The van der Waals surface area contributed by atoms with Crippen LogP contribution >= 0.6 is 0 Å². The smallest absolute Gasteiger partial charge is 0.407 e. The van der Waals surface area contributed by atoms with Gasteiger partial charge in [-0.15, -0.1) is 0 Å². The minimum atomic E-state index is -1.35. The Labute approximate surface area is 360 Å². The molecule has 7 amide bonds. The molecule has 0 spiro atoms. The fraction of sp³-hybridized carbons (Fsp3) is 0.512. The number of benzene rings is 2. The van der Waals surface area contributed by atoms with Gasteiger partial charge in [0.1, 0.15) is 18.1 Å². The minimum absolute atomic E-state index is 0.00359. The number of hydrogen-bond donors (Lipinski definition) is 6. The molecule has 2 unspecified atom stereocenters. The molecule has 2 aromatic carbocycles. The van der Waals surface area contributed by atoms with E-state index in [4.69, 9.17) is 15.2 Å². The lowest BCUT2D eigenvalue weighted by molar-refractivity contribution is -0.143. The number of esters is 1. The Bertz CT molecular complexity index is 1850. The van der Waals surface area contributed by atoms with Gasteiger partial charge in [0.05, 0.1) is 45.4 Å². The molecule has 1 saturated heterocycles. The third kappa shape index (κ3) is 16.9. The Morgan fingerprint density at radius 1 is 0.823 bits per heavy atom. The van der Waals surface area contributed by atoms with Gasteiger partial charge < -0.3 is 51.4 Å². The van der Waals surface area contributed by atoms with Gasteiger partial charge in [0.15, 0.2) is 0 Å². The zero-order valence-corrected chi connectivity index (χ0v) is 35.6. The second-order valence-corrected chi connectivity index (χ2v) is 15.1. The van der Waals surface area contributed by atoms with Crippen molar-refractivity contribution in [2.45, 2.75) is 103 Å². The van der Waals surface area contributed by atoms with Crippen molar-refractivity contribution in [3.63, 3.8) is 0 Å². The van der Waals surface area contributed by atoms with Crippen molar-refractivity contribution >= 4 is 53.3 Å². The van der Waals surface area contributed by atoms with Crippen LogP contribution in [0.2, 0.25) is 0 Å². The van der Waals surface area contributed by atoms with E-state index in [0.29, 0.717) is 12.0 Å². The van der Waals surface area contributed by atoms with Crippen LogP contribution in [0.5, 0.6) is 0 Å². The number of rotatable bonds is 25. The maximum absolute atomic E-state index is 14.4. The third-order valence-electron chi connectivity index (χ3n) is 9.66. The first-order chi connectivity index (χ1) is 29.6. The topological polar surface area (TPSA) is 271 Å². The molecule has 1 aliphatic rings. The second-order valence-electron chi connectivity index (χ2n) is 15.1. The van der Waals surface area contributed by atoms with Crippen molar-refractivity contribution < 1.29 is 57.4 Å². The number of carbonyl (C=O) groups is 9. The van der Waals surface area contributed by atoms with Crippen molar-refractivity contribution in [3.05, 3.63) is 71.8 Å². The van der Waals surface area contributed by atoms with E-state index in [9.17, 15) is 43.2 Å². The van der Waals surface area contributed by atoms with Gasteiger partial charge in [0, 0.05) is 25.9 Å². The van der Waals surface area contributed by atoms with Gasteiger partial charge in [0.2, 0.25) is 35.3 Å². The summed E-state index contributed by atoms with van der Waals surface area (Å²) in [7, 11) is 1.22. The molecule has 0 radical (unpaired) electrons. The highest BCUT2D eigenvalue weighted by Gasteiger charge is 2.43.